The zero-order valence-corrected chi connectivity index (χ0v) is 9.26. The Bertz CT molecular complexity index is 544. The van der Waals surface area contributed by atoms with Gasteiger partial charge in [0.2, 0.25) is 5.13 Å². The van der Waals surface area contributed by atoms with E-state index in [1.54, 1.807) is 6.92 Å². The number of nitrogens with one attached hydrogen (secondary N) is 2. The second kappa shape index (κ2) is 3.59. The van der Waals surface area contributed by atoms with Crippen molar-refractivity contribution in [2.45, 2.75) is 11.8 Å². The zero-order chi connectivity index (χ0) is 10.9. The molecule has 0 amide bonds. The maximum atomic E-state index is 11.6. The van der Waals surface area contributed by atoms with Crippen molar-refractivity contribution in [2.75, 3.05) is 4.72 Å². The molecular formula is C6H7N5O2S2. The van der Waals surface area contributed by atoms with Crippen LogP contribution in [0.4, 0.5) is 5.13 Å². The molecule has 7 nitrogen and oxygen atoms in total. The first-order chi connectivity index (χ1) is 7.08. The molecule has 0 saturated heterocycles. The van der Waals surface area contributed by atoms with E-state index in [1.807, 2.05) is 0 Å². The third kappa shape index (κ3) is 2.13. The van der Waals surface area contributed by atoms with Gasteiger partial charge in [0.05, 0.1) is 6.20 Å². The minimum atomic E-state index is -3.59. The van der Waals surface area contributed by atoms with Crippen molar-refractivity contribution < 1.29 is 8.42 Å². The van der Waals surface area contributed by atoms with Crippen LogP contribution in [0.1, 0.15) is 5.01 Å². The fraction of sp³-hybridized carbons (Fsp3) is 0.167. The maximum absolute atomic E-state index is 11.6. The lowest BCUT2D eigenvalue weighted by atomic mass is 10.7. The summed E-state index contributed by atoms with van der Waals surface area (Å²) in [5.41, 5.74) is 0. The number of hydrogen-bond acceptors (Lipinski definition) is 6. The molecule has 15 heavy (non-hydrogen) atoms. The van der Waals surface area contributed by atoms with E-state index in [2.05, 4.69) is 25.1 Å². The Morgan fingerprint density at radius 1 is 1.47 bits per heavy atom. The molecule has 0 atom stereocenters. The van der Waals surface area contributed by atoms with Crippen LogP contribution in [0.2, 0.25) is 0 Å². The fourth-order valence-electron chi connectivity index (χ4n) is 0.898. The van der Waals surface area contributed by atoms with E-state index in [-0.39, 0.29) is 10.0 Å². The lowest BCUT2D eigenvalue weighted by Gasteiger charge is -1.99. The molecule has 0 aliphatic heterocycles. The number of nitrogens with zero attached hydrogens (tertiary/aromatic N) is 3. The van der Waals surface area contributed by atoms with Crippen LogP contribution in [0.3, 0.4) is 0 Å². The minimum Gasteiger partial charge on any atom is -0.284 e. The van der Waals surface area contributed by atoms with Crippen molar-refractivity contribution in [2.24, 2.45) is 0 Å². The van der Waals surface area contributed by atoms with Crippen molar-refractivity contribution in [3.8, 4) is 0 Å². The summed E-state index contributed by atoms with van der Waals surface area (Å²) in [6, 6.07) is 0. The van der Waals surface area contributed by atoms with Gasteiger partial charge in [-0.25, -0.2) is 8.42 Å². The molecule has 0 bridgehead atoms. The predicted octanol–water partition coefficient (Wildman–Crippen LogP) is 0.370. The van der Waals surface area contributed by atoms with Crippen molar-refractivity contribution >= 4 is 26.5 Å². The molecule has 0 saturated carbocycles. The third-order valence-corrected chi connectivity index (χ3v) is 3.72. The molecule has 0 aromatic carbocycles. The van der Waals surface area contributed by atoms with Gasteiger partial charge in [-0.05, 0) is 6.92 Å². The zero-order valence-electron chi connectivity index (χ0n) is 7.63. The highest BCUT2D eigenvalue weighted by Gasteiger charge is 2.16. The molecule has 2 N–H and O–H groups in total. The van der Waals surface area contributed by atoms with Crippen LogP contribution in [0.5, 0.6) is 0 Å². The van der Waals surface area contributed by atoms with Crippen molar-refractivity contribution in [3.05, 3.63) is 17.4 Å². The Hall–Kier alpha value is -1.48. The first kappa shape index (κ1) is 10.1. The standard InChI is InChI=1S/C6H7N5O2S2/c1-4-9-10-6(14-4)11-15(12,13)5-2-7-8-3-5/h2-3H,1H3,(H,7,8)(H,10,11). The number of hydrogen-bond donors (Lipinski definition) is 2. The molecule has 2 heterocycles. The summed E-state index contributed by atoms with van der Waals surface area (Å²) in [5.74, 6) is 0. The van der Waals surface area contributed by atoms with E-state index in [1.165, 1.54) is 23.7 Å². The summed E-state index contributed by atoms with van der Waals surface area (Å²) in [7, 11) is -3.59. The van der Waals surface area contributed by atoms with Crippen LogP contribution in [0, 0.1) is 6.92 Å². The third-order valence-electron chi connectivity index (χ3n) is 1.53. The molecule has 2 aromatic heterocycles. The predicted molar refractivity (Wildman–Crippen MR) is 54.0 cm³/mol. The lowest BCUT2D eigenvalue weighted by molar-refractivity contribution is 0.601. The summed E-state index contributed by atoms with van der Waals surface area (Å²) < 4.78 is 25.6. The average Bonchev–Trinajstić information content (AvgIpc) is 2.75. The average molecular weight is 245 g/mol. The molecule has 0 radical (unpaired) electrons. The maximum Gasteiger partial charge on any atom is 0.266 e. The van der Waals surface area contributed by atoms with Crippen molar-refractivity contribution in [1.82, 2.24) is 20.4 Å². The largest absolute Gasteiger partial charge is 0.284 e. The van der Waals surface area contributed by atoms with Crippen LogP contribution >= 0.6 is 11.3 Å². The molecule has 0 aliphatic carbocycles. The van der Waals surface area contributed by atoms with Gasteiger partial charge in [0.15, 0.2) is 0 Å². The first-order valence-electron chi connectivity index (χ1n) is 3.89. The summed E-state index contributed by atoms with van der Waals surface area (Å²) in [6.07, 6.45) is 2.51. The van der Waals surface area contributed by atoms with Crippen molar-refractivity contribution in [1.29, 1.82) is 0 Å². The van der Waals surface area contributed by atoms with E-state index in [0.717, 1.165) is 0 Å². The Morgan fingerprint density at radius 2 is 2.27 bits per heavy atom. The highest BCUT2D eigenvalue weighted by Crippen LogP contribution is 2.18. The second-order valence-electron chi connectivity index (χ2n) is 2.67. The highest BCUT2D eigenvalue weighted by molar-refractivity contribution is 7.93. The van der Waals surface area contributed by atoms with Crippen LogP contribution in [0.25, 0.3) is 0 Å². The molecule has 2 rings (SSSR count). The number of anilines is 1. The summed E-state index contributed by atoms with van der Waals surface area (Å²) in [4.78, 5) is 0.0651. The molecule has 0 aliphatic rings. The van der Waals surface area contributed by atoms with E-state index in [4.69, 9.17) is 0 Å². The Balaban J connectivity index is 2.26. The van der Waals surface area contributed by atoms with Crippen molar-refractivity contribution in [3.63, 3.8) is 0 Å². The number of aromatic nitrogens is 4. The smallest absolute Gasteiger partial charge is 0.266 e. The highest BCUT2D eigenvalue weighted by atomic mass is 32.2. The molecule has 0 fully saturated rings. The van der Waals surface area contributed by atoms with E-state index in [0.29, 0.717) is 5.01 Å². The number of H-pyrrole nitrogens is 1. The molecule has 9 heteroatoms. The number of aromatic amines is 1. The molecule has 0 unspecified atom stereocenters. The van der Waals surface area contributed by atoms with Crippen LogP contribution in [-0.4, -0.2) is 28.8 Å². The number of aryl methyl sites for hydroxylation is 1. The normalized spacial score (nSPS) is 11.5. The SMILES string of the molecule is Cc1nnc(NS(=O)(=O)c2cn[nH]c2)s1. The van der Waals surface area contributed by atoms with Gasteiger partial charge in [-0.1, -0.05) is 11.3 Å². The molecule has 80 valence electrons. The topological polar surface area (TPSA) is 101 Å². The molecular weight excluding hydrogens is 238 g/mol. The van der Waals surface area contributed by atoms with Crippen LogP contribution in [0.15, 0.2) is 17.3 Å². The Kier molecular flexibility index (Phi) is 2.40. The van der Waals surface area contributed by atoms with Gasteiger partial charge in [-0.2, -0.15) is 5.10 Å². The Morgan fingerprint density at radius 3 is 2.80 bits per heavy atom. The van der Waals surface area contributed by atoms with Crippen LogP contribution in [-0.2, 0) is 10.0 Å². The van der Waals surface area contributed by atoms with Gasteiger partial charge in [0.1, 0.15) is 9.90 Å². The lowest BCUT2D eigenvalue weighted by Crippen LogP contribution is -2.11. The quantitative estimate of drug-likeness (QED) is 0.813. The Labute approximate surface area is 89.6 Å². The van der Waals surface area contributed by atoms with Gasteiger partial charge >= 0.3 is 0 Å². The summed E-state index contributed by atoms with van der Waals surface area (Å²) in [5, 5.41) is 14.3. The van der Waals surface area contributed by atoms with Gasteiger partial charge in [-0.15, -0.1) is 10.2 Å². The number of rotatable bonds is 3. The van der Waals surface area contributed by atoms with E-state index < -0.39 is 10.0 Å². The summed E-state index contributed by atoms with van der Waals surface area (Å²) >= 11 is 1.17. The van der Waals surface area contributed by atoms with Gasteiger partial charge in [0, 0.05) is 6.20 Å². The van der Waals surface area contributed by atoms with Gasteiger partial charge in [-0.3, -0.25) is 9.82 Å². The fourth-order valence-corrected chi connectivity index (χ4v) is 2.62. The van der Waals surface area contributed by atoms with Gasteiger partial charge < -0.3 is 0 Å². The monoisotopic (exact) mass is 245 g/mol. The first-order valence-corrected chi connectivity index (χ1v) is 6.19. The van der Waals surface area contributed by atoms with Crippen LogP contribution < -0.4 is 4.72 Å². The minimum absolute atomic E-state index is 0.0651. The van der Waals surface area contributed by atoms with E-state index in [9.17, 15) is 8.42 Å². The second-order valence-corrected chi connectivity index (χ2v) is 5.53. The molecule has 0 spiro atoms. The van der Waals surface area contributed by atoms with E-state index >= 15 is 0 Å². The molecule has 2 aromatic rings. The number of sulfonamides is 1. The van der Waals surface area contributed by atoms with Gasteiger partial charge in [0.25, 0.3) is 10.0 Å². The summed E-state index contributed by atoms with van der Waals surface area (Å²) in [6.45, 7) is 1.74.